The largest absolute Gasteiger partial charge is 0.494 e. The van der Waals surface area contributed by atoms with E-state index in [1.165, 1.54) is 0 Å². The van der Waals surface area contributed by atoms with E-state index < -0.39 is 0 Å². The Labute approximate surface area is 140 Å². The zero-order valence-corrected chi connectivity index (χ0v) is 13.3. The third-order valence-corrected chi connectivity index (χ3v) is 3.17. The van der Waals surface area contributed by atoms with Gasteiger partial charge in [-0.25, -0.2) is 15.0 Å². The van der Waals surface area contributed by atoms with Crippen LogP contribution in [-0.2, 0) is 6.54 Å². The van der Waals surface area contributed by atoms with E-state index in [4.69, 9.17) is 9.47 Å². The summed E-state index contributed by atoms with van der Waals surface area (Å²) in [6.45, 7) is 3.18. The summed E-state index contributed by atoms with van der Waals surface area (Å²) in [4.78, 5) is 12.5. The molecule has 0 aliphatic carbocycles. The van der Waals surface area contributed by atoms with E-state index in [2.05, 4.69) is 20.3 Å². The van der Waals surface area contributed by atoms with Gasteiger partial charge in [0, 0.05) is 31.2 Å². The first-order valence-corrected chi connectivity index (χ1v) is 7.70. The monoisotopic (exact) mass is 322 g/mol. The molecule has 0 amide bonds. The summed E-state index contributed by atoms with van der Waals surface area (Å²) in [6, 6.07) is 13.0. The third-order valence-electron chi connectivity index (χ3n) is 3.17. The molecule has 0 aliphatic heterocycles. The molecule has 2 aromatic heterocycles. The van der Waals surface area contributed by atoms with Crippen molar-refractivity contribution in [3.63, 3.8) is 0 Å². The molecule has 0 atom stereocenters. The van der Waals surface area contributed by atoms with Crippen molar-refractivity contribution in [1.82, 2.24) is 15.0 Å². The topological polar surface area (TPSA) is 69.2 Å². The molecule has 24 heavy (non-hydrogen) atoms. The van der Waals surface area contributed by atoms with Crippen LogP contribution in [0.15, 0.2) is 61.1 Å². The van der Waals surface area contributed by atoms with Crippen molar-refractivity contribution < 1.29 is 9.47 Å². The lowest BCUT2D eigenvalue weighted by Crippen LogP contribution is -2.03. The van der Waals surface area contributed by atoms with Crippen molar-refractivity contribution >= 4 is 5.95 Å². The normalized spacial score (nSPS) is 10.2. The second-order valence-electron chi connectivity index (χ2n) is 4.93. The van der Waals surface area contributed by atoms with E-state index in [9.17, 15) is 0 Å². The highest BCUT2D eigenvalue weighted by Crippen LogP contribution is 2.23. The fraction of sp³-hybridized carbons (Fsp3) is 0.167. The number of hydrogen-bond acceptors (Lipinski definition) is 6. The number of benzene rings is 1. The number of aromatic nitrogens is 3. The Hall–Kier alpha value is -3.15. The molecule has 0 saturated heterocycles. The van der Waals surface area contributed by atoms with Crippen molar-refractivity contribution in [2.45, 2.75) is 13.5 Å². The molecular formula is C18H18N4O2. The first-order chi connectivity index (χ1) is 11.8. The summed E-state index contributed by atoms with van der Waals surface area (Å²) in [6.07, 6.45) is 5.11. The lowest BCUT2D eigenvalue weighted by molar-refractivity contribution is 0.339. The number of nitrogens with one attached hydrogen (secondary N) is 1. The average Bonchev–Trinajstić information content (AvgIpc) is 2.63. The fourth-order valence-corrected chi connectivity index (χ4v) is 2.08. The van der Waals surface area contributed by atoms with E-state index in [1.807, 2.05) is 43.3 Å². The summed E-state index contributed by atoms with van der Waals surface area (Å²) in [5.74, 6) is 2.65. The highest BCUT2D eigenvalue weighted by molar-refractivity contribution is 5.35. The Morgan fingerprint density at radius 3 is 2.42 bits per heavy atom. The summed E-state index contributed by atoms with van der Waals surface area (Å²) in [5, 5.41) is 3.15. The van der Waals surface area contributed by atoms with Gasteiger partial charge in [0.2, 0.25) is 11.8 Å². The van der Waals surface area contributed by atoms with Gasteiger partial charge in [0.05, 0.1) is 6.61 Å². The first kappa shape index (κ1) is 15.7. The van der Waals surface area contributed by atoms with Gasteiger partial charge in [-0.3, -0.25) is 0 Å². The number of nitrogens with zero attached hydrogens (tertiary/aromatic N) is 3. The van der Waals surface area contributed by atoms with E-state index in [1.54, 1.807) is 24.7 Å². The summed E-state index contributed by atoms with van der Waals surface area (Å²) < 4.78 is 11.2. The van der Waals surface area contributed by atoms with Gasteiger partial charge in [0.15, 0.2) is 0 Å². The summed E-state index contributed by atoms with van der Waals surface area (Å²) >= 11 is 0. The van der Waals surface area contributed by atoms with Gasteiger partial charge in [-0.1, -0.05) is 0 Å². The Kier molecular flexibility index (Phi) is 5.19. The minimum absolute atomic E-state index is 0.535. The maximum absolute atomic E-state index is 5.78. The van der Waals surface area contributed by atoms with Crippen LogP contribution in [0, 0.1) is 0 Å². The molecule has 0 saturated carbocycles. The van der Waals surface area contributed by atoms with Gasteiger partial charge in [0.1, 0.15) is 11.5 Å². The lowest BCUT2D eigenvalue weighted by atomic mass is 10.2. The molecule has 3 rings (SSSR count). The molecule has 0 aliphatic rings. The molecule has 0 bridgehead atoms. The van der Waals surface area contributed by atoms with Gasteiger partial charge in [-0.15, -0.1) is 0 Å². The van der Waals surface area contributed by atoms with E-state index in [0.29, 0.717) is 30.7 Å². The second kappa shape index (κ2) is 7.92. The van der Waals surface area contributed by atoms with Crippen molar-refractivity contribution in [1.29, 1.82) is 0 Å². The Morgan fingerprint density at radius 1 is 0.917 bits per heavy atom. The maximum atomic E-state index is 5.78. The minimum Gasteiger partial charge on any atom is -0.494 e. The predicted molar refractivity (Wildman–Crippen MR) is 91.3 cm³/mol. The first-order valence-electron chi connectivity index (χ1n) is 7.70. The minimum atomic E-state index is 0.535. The Balaban J connectivity index is 1.62. The van der Waals surface area contributed by atoms with Crippen molar-refractivity contribution in [3.8, 4) is 17.4 Å². The molecule has 6 nitrogen and oxygen atoms in total. The van der Waals surface area contributed by atoms with Crippen LogP contribution >= 0.6 is 0 Å². The van der Waals surface area contributed by atoms with Crippen LogP contribution in [-0.4, -0.2) is 21.6 Å². The van der Waals surface area contributed by atoms with Gasteiger partial charge in [-0.05, 0) is 48.9 Å². The summed E-state index contributed by atoms with van der Waals surface area (Å²) in [5.41, 5.74) is 1.03. The van der Waals surface area contributed by atoms with Crippen LogP contribution in [0.4, 0.5) is 5.95 Å². The molecule has 2 heterocycles. The van der Waals surface area contributed by atoms with Crippen LogP contribution in [0.3, 0.4) is 0 Å². The van der Waals surface area contributed by atoms with Crippen LogP contribution in [0.5, 0.6) is 17.4 Å². The molecule has 0 fully saturated rings. The summed E-state index contributed by atoms with van der Waals surface area (Å²) in [7, 11) is 0. The molecule has 0 unspecified atom stereocenters. The lowest BCUT2D eigenvalue weighted by Gasteiger charge is -2.08. The zero-order valence-electron chi connectivity index (χ0n) is 13.3. The van der Waals surface area contributed by atoms with Gasteiger partial charge >= 0.3 is 0 Å². The van der Waals surface area contributed by atoms with E-state index >= 15 is 0 Å². The number of anilines is 1. The van der Waals surface area contributed by atoms with Gasteiger partial charge < -0.3 is 14.8 Å². The van der Waals surface area contributed by atoms with Gasteiger partial charge in [-0.2, -0.15) is 0 Å². The number of hydrogen-bond donors (Lipinski definition) is 1. The molecule has 0 spiro atoms. The molecular weight excluding hydrogens is 304 g/mol. The predicted octanol–water partition coefficient (Wildman–Crippen LogP) is 3.67. The molecule has 122 valence electrons. The SMILES string of the molecule is CCOc1ccc(Oc2cc(CNc3ncccn3)ccn2)cc1. The second-order valence-corrected chi connectivity index (χ2v) is 4.93. The standard InChI is InChI=1S/C18H18N4O2/c1-2-23-15-4-6-16(7-5-15)24-17-12-14(8-11-19-17)13-22-18-20-9-3-10-21-18/h3-12H,2,13H2,1H3,(H,20,21,22). The van der Waals surface area contributed by atoms with Gasteiger partial charge in [0.25, 0.3) is 0 Å². The van der Waals surface area contributed by atoms with Crippen molar-refractivity contribution in [2.75, 3.05) is 11.9 Å². The fourth-order valence-electron chi connectivity index (χ4n) is 2.08. The number of rotatable bonds is 7. The van der Waals surface area contributed by atoms with E-state index in [0.717, 1.165) is 11.3 Å². The zero-order chi connectivity index (χ0) is 16.6. The van der Waals surface area contributed by atoms with Crippen LogP contribution in [0.1, 0.15) is 12.5 Å². The highest BCUT2D eigenvalue weighted by Gasteiger charge is 2.02. The van der Waals surface area contributed by atoms with Crippen LogP contribution in [0.25, 0.3) is 0 Å². The van der Waals surface area contributed by atoms with E-state index in [-0.39, 0.29) is 0 Å². The molecule has 3 aromatic rings. The smallest absolute Gasteiger partial charge is 0.222 e. The average molecular weight is 322 g/mol. The highest BCUT2D eigenvalue weighted by atomic mass is 16.5. The van der Waals surface area contributed by atoms with Crippen LogP contribution in [0.2, 0.25) is 0 Å². The molecule has 1 aromatic carbocycles. The maximum Gasteiger partial charge on any atom is 0.222 e. The molecule has 1 N–H and O–H groups in total. The Morgan fingerprint density at radius 2 is 1.67 bits per heavy atom. The number of ether oxygens (including phenoxy) is 2. The van der Waals surface area contributed by atoms with Crippen molar-refractivity contribution in [3.05, 3.63) is 66.6 Å². The van der Waals surface area contributed by atoms with Crippen molar-refractivity contribution in [2.24, 2.45) is 0 Å². The molecule has 0 radical (unpaired) electrons. The Bertz CT molecular complexity index is 763. The quantitative estimate of drug-likeness (QED) is 0.715. The molecule has 6 heteroatoms. The number of pyridine rings is 1. The van der Waals surface area contributed by atoms with Crippen LogP contribution < -0.4 is 14.8 Å². The third kappa shape index (κ3) is 4.42.